The van der Waals surface area contributed by atoms with Gasteiger partial charge in [0.2, 0.25) is 0 Å². The lowest BCUT2D eigenvalue weighted by Crippen LogP contribution is -2.35. The van der Waals surface area contributed by atoms with Crippen molar-refractivity contribution < 1.29 is 46.2 Å². The van der Waals surface area contributed by atoms with Crippen LogP contribution in [0.15, 0.2) is 60.7 Å². The van der Waals surface area contributed by atoms with E-state index in [-0.39, 0.29) is 16.7 Å². The molecule has 0 unspecified atom stereocenters. The lowest BCUT2D eigenvalue weighted by atomic mass is 9.92. The molecular formula is C24H10F4O6. The molecule has 2 aliphatic heterocycles. The molecule has 0 bridgehead atoms. The van der Waals surface area contributed by atoms with Gasteiger partial charge in [0.05, 0.1) is 22.3 Å². The summed E-state index contributed by atoms with van der Waals surface area (Å²) in [6, 6.07) is 10.1. The Bertz CT molecular complexity index is 1430. The van der Waals surface area contributed by atoms with Crippen molar-refractivity contribution in [2.45, 2.75) is 11.8 Å². The molecule has 2 heterocycles. The molecule has 0 aromatic heterocycles. The van der Waals surface area contributed by atoms with Crippen molar-refractivity contribution in [3.8, 4) is 11.1 Å². The summed E-state index contributed by atoms with van der Waals surface area (Å²) in [5, 5.41) is 0. The van der Waals surface area contributed by atoms with Gasteiger partial charge in [0.1, 0.15) is 0 Å². The van der Waals surface area contributed by atoms with Crippen molar-refractivity contribution in [3.63, 3.8) is 0 Å². The number of hydrogen-bond donors (Lipinski definition) is 0. The number of esters is 4. The molecule has 170 valence electrons. The molecule has 6 nitrogen and oxygen atoms in total. The van der Waals surface area contributed by atoms with E-state index in [9.17, 15) is 36.7 Å². The number of rotatable bonds is 4. The van der Waals surface area contributed by atoms with Crippen LogP contribution < -0.4 is 0 Å². The standard InChI is InChI=1S/C24H10F4O6/c25-23(26,24(27,28)14-6-8-16-18(10-14)22(32)34-20(16)30)13-4-1-11(2-5-13)12-3-7-15-17(9-12)21(31)33-19(15)29/h1-10H. The highest BCUT2D eigenvalue weighted by molar-refractivity contribution is 6.15. The number of carbonyl (C=O) groups is 4. The zero-order chi connectivity index (χ0) is 24.4. The van der Waals surface area contributed by atoms with Crippen molar-refractivity contribution in [1.82, 2.24) is 0 Å². The molecule has 0 spiro atoms. The van der Waals surface area contributed by atoms with Gasteiger partial charge >= 0.3 is 35.7 Å². The van der Waals surface area contributed by atoms with E-state index in [1.807, 2.05) is 0 Å². The summed E-state index contributed by atoms with van der Waals surface area (Å²) in [5.41, 5.74) is -2.16. The molecule has 5 rings (SSSR count). The number of fused-ring (bicyclic) bond motifs is 2. The van der Waals surface area contributed by atoms with E-state index < -0.39 is 52.4 Å². The number of hydrogen-bond acceptors (Lipinski definition) is 6. The molecule has 3 aromatic carbocycles. The van der Waals surface area contributed by atoms with Gasteiger partial charge in [-0.25, -0.2) is 19.2 Å². The van der Waals surface area contributed by atoms with Crippen LogP contribution in [0, 0.1) is 0 Å². The minimum absolute atomic E-state index is 0.0112. The Kier molecular flexibility index (Phi) is 4.48. The largest absolute Gasteiger partial charge is 0.386 e. The van der Waals surface area contributed by atoms with E-state index in [0.717, 1.165) is 18.2 Å². The van der Waals surface area contributed by atoms with E-state index in [0.29, 0.717) is 23.3 Å². The molecule has 2 aliphatic rings. The first-order chi connectivity index (χ1) is 16.0. The van der Waals surface area contributed by atoms with Crippen molar-refractivity contribution >= 4 is 23.9 Å². The molecule has 0 atom stereocenters. The molecule has 0 amide bonds. The summed E-state index contributed by atoms with van der Waals surface area (Å²) in [7, 11) is 0. The summed E-state index contributed by atoms with van der Waals surface area (Å²) in [6.07, 6.45) is 0. The Morgan fingerprint density at radius 1 is 0.471 bits per heavy atom. The second-order valence-electron chi connectivity index (χ2n) is 7.60. The first kappa shape index (κ1) is 21.5. The Balaban J connectivity index is 1.47. The van der Waals surface area contributed by atoms with Crippen molar-refractivity contribution in [2.24, 2.45) is 0 Å². The van der Waals surface area contributed by atoms with E-state index in [4.69, 9.17) is 0 Å². The highest BCUT2D eigenvalue weighted by Crippen LogP contribution is 2.50. The van der Waals surface area contributed by atoms with E-state index >= 15 is 0 Å². The fourth-order valence-electron chi connectivity index (χ4n) is 3.78. The van der Waals surface area contributed by atoms with Gasteiger partial charge in [0.25, 0.3) is 0 Å². The third-order valence-electron chi connectivity index (χ3n) is 5.63. The first-order valence-electron chi connectivity index (χ1n) is 9.69. The Hall–Kier alpha value is -4.34. The smallest absolute Gasteiger partial charge is 0.346 e. The van der Waals surface area contributed by atoms with Gasteiger partial charge in [0, 0.05) is 11.1 Å². The molecular weight excluding hydrogens is 460 g/mol. The Labute approximate surface area is 187 Å². The molecule has 3 aromatic rings. The van der Waals surface area contributed by atoms with Crippen LogP contribution in [0.1, 0.15) is 52.6 Å². The molecule has 0 N–H and O–H groups in total. The van der Waals surface area contributed by atoms with Crippen molar-refractivity contribution in [1.29, 1.82) is 0 Å². The van der Waals surface area contributed by atoms with Gasteiger partial charge in [-0.15, -0.1) is 0 Å². The number of alkyl halides is 4. The van der Waals surface area contributed by atoms with Crippen LogP contribution in [0.4, 0.5) is 17.6 Å². The predicted molar refractivity (Wildman–Crippen MR) is 106 cm³/mol. The molecule has 0 saturated carbocycles. The fourth-order valence-corrected chi connectivity index (χ4v) is 3.78. The van der Waals surface area contributed by atoms with E-state index in [1.165, 1.54) is 30.3 Å². The van der Waals surface area contributed by atoms with Crippen LogP contribution in [0.3, 0.4) is 0 Å². The van der Waals surface area contributed by atoms with Crippen LogP contribution >= 0.6 is 0 Å². The number of ether oxygens (including phenoxy) is 2. The van der Waals surface area contributed by atoms with Gasteiger partial charge < -0.3 is 9.47 Å². The highest BCUT2D eigenvalue weighted by Gasteiger charge is 2.58. The summed E-state index contributed by atoms with van der Waals surface area (Å²) in [6.45, 7) is 0. The topological polar surface area (TPSA) is 86.7 Å². The maximum atomic E-state index is 14.9. The summed E-state index contributed by atoms with van der Waals surface area (Å²) in [4.78, 5) is 46.4. The number of benzene rings is 3. The SMILES string of the molecule is O=C1OC(=O)c2cc(-c3ccc(C(F)(F)C(F)(F)c4ccc5c(c4)C(=O)OC5=O)cc3)ccc21. The zero-order valence-corrected chi connectivity index (χ0v) is 16.7. The fraction of sp³-hybridized carbons (Fsp3) is 0.0833. The second-order valence-corrected chi connectivity index (χ2v) is 7.60. The van der Waals surface area contributed by atoms with Crippen molar-refractivity contribution in [2.75, 3.05) is 0 Å². The van der Waals surface area contributed by atoms with Crippen molar-refractivity contribution in [3.05, 3.63) is 94.0 Å². The molecule has 10 heteroatoms. The summed E-state index contributed by atoms with van der Waals surface area (Å²) >= 11 is 0. The Morgan fingerprint density at radius 3 is 1.47 bits per heavy atom. The quantitative estimate of drug-likeness (QED) is 0.308. The first-order valence-corrected chi connectivity index (χ1v) is 9.69. The predicted octanol–water partition coefficient (Wildman–Crippen LogP) is 4.86. The molecule has 34 heavy (non-hydrogen) atoms. The maximum Gasteiger partial charge on any atom is 0.346 e. The lowest BCUT2D eigenvalue weighted by molar-refractivity contribution is -0.223. The van der Waals surface area contributed by atoms with E-state index in [1.54, 1.807) is 0 Å². The number of halogens is 4. The minimum Gasteiger partial charge on any atom is -0.386 e. The third-order valence-corrected chi connectivity index (χ3v) is 5.63. The summed E-state index contributed by atoms with van der Waals surface area (Å²) < 4.78 is 68.4. The monoisotopic (exact) mass is 470 g/mol. The summed E-state index contributed by atoms with van der Waals surface area (Å²) in [5.74, 6) is -13.3. The molecule has 0 radical (unpaired) electrons. The Morgan fingerprint density at radius 2 is 0.882 bits per heavy atom. The zero-order valence-electron chi connectivity index (χ0n) is 16.7. The van der Waals surface area contributed by atoms with Crippen LogP contribution in [0.2, 0.25) is 0 Å². The molecule has 0 fully saturated rings. The average molecular weight is 470 g/mol. The molecule has 0 aliphatic carbocycles. The van der Waals surface area contributed by atoms with Crippen LogP contribution in [-0.2, 0) is 21.3 Å². The van der Waals surface area contributed by atoms with Crippen LogP contribution in [0.5, 0.6) is 0 Å². The van der Waals surface area contributed by atoms with Crippen LogP contribution in [-0.4, -0.2) is 23.9 Å². The van der Waals surface area contributed by atoms with E-state index in [2.05, 4.69) is 9.47 Å². The normalized spacial score (nSPS) is 15.2. The lowest BCUT2D eigenvalue weighted by Gasteiger charge is -2.27. The highest BCUT2D eigenvalue weighted by atomic mass is 19.3. The number of cyclic esters (lactones) is 4. The van der Waals surface area contributed by atoms with Gasteiger partial charge in [-0.1, -0.05) is 36.4 Å². The van der Waals surface area contributed by atoms with Crippen LogP contribution in [0.25, 0.3) is 11.1 Å². The average Bonchev–Trinajstić information content (AvgIpc) is 3.27. The van der Waals surface area contributed by atoms with Gasteiger partial charge in [-0.05, 0) is 35.4 Å². The van der Waals surface area contributed by atoms with Gasteiger partial charge in [-0.3, -0.25) is 0 Å². The second kappa shape index (κ2) is 7.08. The van der Waals surface area contributed by atoms with Gasteiger partial charge in [-0.2, -0.15) is 17.6 Å². The van der Waals surface area contributed by atoms with Gasteiger partial charge in [0.15, 0.2) is 0 Å². The maximum absolute atomic E-state index is 14.9. The minimum atomic E-state index is -4.73. The third kappa shape index (κ3) is 3.02. The molecule has 0 saturated heterocycles. The number of carbonyl (C=O) groups excluding carboxylic acids is 4.